The van der Waals surface area contributed by atoms with Crippen LogP contribution in [0.1, 0.15) is 27.2 Å². The molecule has 0 fully saturated rings. The Morgan fingerprint density at radius 1 is 1.19 bits per heavy atom. The Morgan fingerprint density at radius 2 is 1.81 bits per heavy atom. The molecule has 3 heteroatoms. The molecule has 0 heterocycles. The summed E-state index contributed by atoms with van der Waals surface area (Å²) in [6.45, 7) is 7.34. The molecule has 0 spiro atoms. The van der Waals surface area contributed by atoms with Crippen molar-refractivity contribution in [2.24, 2.45) is 0 Å². The Balaban J connectivity index is 2.27. The first-order valence-electron chi connectivity index (χ1n) is 5.67. The number of hydrogen-bond acceptors (Lipinski definition) is 2. The quantitative estimate of drug-likeness (QED) is 0.800. The fourth-order valence-corrected chi connectivity index (χ4v) is 2.46. The third-order valence-electron chi connectivity index (χ3n) is 2.17. The van der Waals surface area contributed by atoms with E-state index in [0.29, 0.717) is 0 Å². The van der Waals surface area contributed by atoms with E-state index in [1.165, 1.54) is 0 Å². The molecule has 1 aromatic carbocycles. The van der Waals surface area contributed by atoms with E-state index in [0.717, 1.165) is 23.6 Å². The lowest BCUT2D eigenvalue weighted by molar-refractivity contribution is 0.427. The number of nitrogens with one attached hydrogen (secondary N) is 1. The molecular formula is C13H21NOS. The van der Waals surface area contributed by atoms with E-state index in [9.17, 15) is 4.21 Å². The Kier molecular flexibility index (Phi) is 5.16. The van der Waals surface area contributed by atoms with Crippen LogP contribution in [-0.4, -0.2) is 22.0 Å². The first-order valence-corrected chi connectivity index (χ1v) is 6.99. The van der Waals surface area contributed by atoms with Gasteiger partial charge >= 0.3 is 0 Å². The molecule has 90 valence electrons. The third-order valence-corrected chi connectivity index (χ3v) is 3.63. The molecule has 1 N–H and O–H groups in total. The minimum atomic E-state index is -0.852. The molecule has 0 aromatic heterocycles. The predicted octanol–water partition coefficient (Wildman–Crippen LogP) is 2.57. The van der Waals surface area contributed by atoms with Crippen molar-refractivity contribution < 1.29 is 4.21 Å². The van der Waals surface area contributed by atoms with Crippen molar-refractivity contribution in [2.75, 3.05) is 12.3 Å². The van der Waals surface area contributed by atoms with Crippen molar-refractivity contribution in [3.05, 3.63) is 30.3 Å². The lowest BCUT2D eigenvalue weighted by atomic mass is 10.1. The Morgan fingerprint density at radius 3 is 2.38 bits per heavy atom. The summed E-state index contributed by atoms with van der Waals surface area (Å²) in [6.07, 6.45) is 0.943. The highest BCUT2D eigenvalue weighted by atomic mass is 32.2. The van der Waals surface area contributed by atoms with Crippen molar-refractivity contribution in [3.63, 3.8) is 0 Å². The van der Waals surface area contributed by atoms with Crippen molar-refractivity contribution >= 4 is 10.8 Å². The standard InChI is InChI=1S/C13H21NOS/c1-13(2,3)14-10-7-11-16(15)12-8-5-4-6-9-12/h4-6,8-9,14H,7,10-11H2,1-3H3. The van der Waals surface area contributed by atoms with Gasteiger partial charge in [0.1, 0.15) is 0 Å². The lowest BCUT2D eigenvalue weighted by Crippen LogP contribution is -2.36. The monoisotopic (exact) mass is 239 g/mol. The van der Waals surface area contributed by atoms with Crippen molar-refractivity contribution in [2.45, 2.75) is 37.6 Å². The number of benzene rings is 1. The summed E-state index contributed by atoms with van der Waals surface area (Å²) in [5.41, 5.74) is 0.147. The topological polar surface area (TPSA) is 29.1 Å². The van der Waals surface area contributed by atoms with Gasteiger partial charge in [0.2, 0.25) is 0 Å². The molecule has 1 atom stereocenters. The number of rotatable bonds is 5. The van der Waals surface area contributed by atoms with Crippen LogP contribution in [0.25, 0.3) is 0 Å². The maximum atomic E-state index is 11.9. The van der Waals surface area contributed by atoms with Gasteiger partial charge in [0.05, 0.1) is 10.8 Å². The van der Waals surface area contributed by atoms with E-state index in [4.69, 9.17) is 0 Å². The highest BCUT2D eigenvalue weighted by molar-refractivity contribution is 7.85. The van der Waals surface area contributed by atoms with Gasteiger partial charge in [0.15, 0.2) is 0 Å². The first-order chi connectivity index (χ1) is 7.49. The summed E-state index contributed by atoms with van der Waals surface area (Å²) in [5, 5.41) is 3.39. The van der Waals surface area contributed by atoms with Crippen LogP contribution < -0.4 is 5.32 Å². The third kappa shape index (κ3) is 5.42. The van der Waals surface area contributed by atoms with Gasteiger partial charge in [0, 0.05) is 16.2 Å². The molecule has 0 aliphatic carbocycles. The summed E-state index contributed by atoms with van der Waals surface area (Å²) in [7, 11) is -0.852. The van der Waals surface area contributed by atoms with Gasteiger partial charge < -0.3 is 5.32 Å². The molecule has 0 aliphatic heterocycles. The van der Waals surface area contributed by atoms with Crippen molar-refractivity contribution in [3.8, 4) is 0 Å². The summed E-state index contributed by atoms with van der Waals surface area (Å²) in [4.78, 5) is 0.929. The maximum absolute atomic E-state index is 11.9. The van der Waals surface area contributed by atoms with Gasteiger partial charge in [0.25, 0.3) is 0 Å². The van der Waals surface area contributed by atoms with E-state index in [1.54, 1.807) is 0 Å². The Labute approximate surface area is 101 Å². The lowest BCUT2D eigenvalue weighted by Gasteiger charge is -2.20. The molecule has 0 saturated carbocycles. The van der Waals surface area contributed by atoms with E-state index >= 15 is 0 Å². The highest BCUT2D eigenvalue weighted by Crippen LogP contribution is 2.06. The van der Waals surface area contributed by atoms with E-state index in [2.05, 4.69) is 26.1 Å². The molecule has 0 saturated heterocycles. The fraction of sp³-hybridized carbons (Fsp3) is 0.538. The minimum absolute atomic E-state index is 0.147. The molecule has 16 heavy (non-hydrogen) atoms. The smallest absolute Gasteiger partial charge is 0.0529 e. The molecule has 0 bridgehead atoms. The van der Waals surface area contributed by atoms with Gasteiger partial charge in [-0.1, -0.05) is 18.2 Å². The summed E-state index contributed by atoms with van der Waals surface area (Å²) in [5.74, 6) is 0.729. The summed E-state index contributed by atoms with van der Waals surface area (Å²) < 4.78 is 11.9. The van der Waals surface area contributed by atoms with Gasteiger partial charge in [-0.3, -0.25) is 4.21 Å². The summed E-state index contributed by atoms with van der Waals surface area (Å²) in [6, 6.07) is 9.66. The van der Waals surface area contributed by atoms with Crippen LogP contribution in [0, 0.1) is 0 Å². The minimum Gasteiger partial charge on any atom is -0.312 e. The fourth-order valence-electron chi connectivity index (χ4n) is 1.36. The van der Waals surface area contributed by atoms with Crippen LogP contribution in [0.2, 0.25) is 0 Å². The molecule has 1 rings (SSSR count). The second-order valence-electron chi connectivity index (χ2n) is 4.89. The molecule has 2 nitrogen and oxygen atoms in total. The molecule has 0 aliphatic rings. The zero-order chi connectivity index (χ0) is 12.0. The summed E-state index contributed by atoms with van der Waals surface area (Å²) >= 11 is 0. The largest absolute Gasteiger partial charge is 0.312 e. The normalized spacial score (nSPS) is 13.7. The predicted molar refractivity (Wildman–Crippen MR) is 70.1 cm³/mol. The van der Waals surface area contributed by atoms with Crippen molar-refractivity contribution in [1.82, 2.24) is 5.32 Å². The van der Waals surface area contributed by atoms with Crippen LogP contribution in [0.4, 0.5) is 0 Å². The molecule has 0 amide bonds. The Hall–Kier alpha value is -0.670. The average Bonchev–Trinajstić information content (AvgIpc) is 2.24. The van der Waals surface area contributed by atoms with Crippen LogP contribution in [0.15, 0.2) is 35.2 Å². The second-order valence-corrected chi connectivity index (χ2v) is 6.46. The van der Waals surface area contributed by atoms with Gasteiger partial charge in [-0.2, -0.15) is 0 Å². The molecule has 1 aromatic rings. The zero-order valence-electron chi connectivity index (χ0n) is 10.3. The van der Waals surface area contributed by atoms with Crippen LogP contribution in [0.3, 0.4) is 0 Å². The van der Waals surface area contributed by atoms with Gasteiger partial charge in [-0.15, -0.1) is 0 Å². The van der Waals surface area contributed by atoms with Crippen molar-refractivity contribution in [1.29, 1.82) is 0 Å². The van der Waals surface area contributed by atoms with Gasteiger partial charge in [-0.05, 0) is 45.9 Å². The SMILES string of the molecule is CC(C)(C)NCCCS(=O)c1ccccc1. The molecule has 0 radical (unpaired) electrons. The van der Waals surface area contributed by atoms with Gasteiger partial charge in [-0.25, -0.2) is 0 Å². The highest BCUT2D eigenvalue weighted by Gasteiger charge is 2.08. The van der Waals surface area contributed by atoms with Crippen LogP contribution >= 0.6 is 0 Å². The zero-order valence-corrected chi connectivity index (χ0v) is 11.1. The van der Waals surface area contributed by atoms with E-state index in [1.807, 2.05) is 30.3 Å². The van der Waals surface area contributed by atoms with E-state index < -0.39 is 10.8 Å². The van der Waals surface area contributed by atoms with Crippen LogP contribution in [0.5, 0.6) is 0 Å². The Bertz CT molecular complexity index is 330. The van der Waals surface area contributed by atoms with Crippen LogP contribution in [-0.2, 0) is 10.8 Å². The second kappa shape index (κ2) is 6.16. The van der Waals surface area contributed by atoms with E-state index in [-0.39, 0.29) is 5.54 Å². The average molecular weight is 239 g/mol. The molecular weight excluding hydrogens is 218 g/mol. The maximum Gasteiger partial charge on any atom is 0.0529 e. The molecule has 1 unspecified atom stereocenters. The first kappa shape index (κ1) is 13.4. The number of hydrogen-bond donors (Lipinski definition) is 1.